The van der Waals surface area contributed by atoms with Crippen LogP contribution >= 0.6 is 0 Å². The zero-order valence-electron chi connectivity index (χ0n) is 10.6. The standard InChI is InChI=1S/C14H26O/c1-4-6-14(15)10-12-7-5-8-13(9-12)11(2)3/h11-13H,4-10H2,1-3H3/t12-,13+/m1/s1. The summed E-state index contributed by atoms with van der Waals surface area (Å²) in [6.07, 6.45) is 7.98. The van der Waals surface area contributed by atoms with E-state index in [9.17, 15) is 4.79 Å². The SMILES string of the molecule is CCCC(=O)C[C@@H]1CCC[C@H](C(C)C)C1. The van der Waals surface area contributed by atoms with Gasteiger partial charge in [0.1, 0.15) is 5.78 Å². The molecule has 0 saturated heterocycles. The third-order valence-corrected chi connectivity index (χ3v) is 3.81. The zero-order chi connectivity index (χ0) is 11.3. The first-order valence-corrected chi connectivity index (χ1v) is 6.65. The van der Waals surface area contributed by atoms with Crippen molar-refractivity contribution in [2.45, 2.75) is 65.7 Å². The number of ketones is 1. The summed E-state index contributed by atoms with van der Waals surface area (Å²) in [5.74, 6) is 2.87. The molecule has 0 aromatic heterocycles. The van der Waals surface area contributed by atoms with Gasteiger partial charge >= 0.3 is 0 Å². The third-order valence-electron chi connectivity index (χ3n) is 3.81. The number of Topliss-reactive ketones (excluding diaryl/α,β-unsaturated/α-hetero) is 1. The molecule has 88 valence electrons. The fourth-order valence-electron chi connectivity index (χ4n) is 2.83. The topological polar surface area (TPSA) is 17.1 Å². The Balaban J connectivity index is 2.33. The number of carbonyl (C=O) groups excluding carboxylic acids is 1. The molecule has 0 bridgehead atoms. The Kier molecular flexibility index (Phi) is 5.35. The monoisotopic (exact) mass is 210 g/mol. The maximum Gasteiger partial charge on any atom is 0.133 e. The van der Waals surface area contributed by atoms with Gasteiger partial charge in [-0.05, 0) is 30.6 Å². The van der Waals surface area contributed by atoms with Crippen LogP contribution in [0, 0.1) is 17.8 Å². The van der Waals surface area contributed by atoms with Crippen LogP contribution in [-0.4, -0.2) is 5.78 Å². The van der Waals surface area contributed by atoms with Crippen LogP contribution in [0.15, 0.2) is 0 Å². The normalized spacial score (nSPS) is 26.9. The van der Waals surface area contributed by atoms with Gasteiger partial charge in [-0.1, -0.05) is 40.0 Å². The van der Waals surface area contributed by atoms with Crippen LogP contribution in [0.5, 0.6) is 0 Å². The number of carbonyl (C=O) groups is 1. The van der Waals surface area contributed by atoms with E-state index in [1.54, 1.807) is 0 Å². The summed E-state index contributed by atoms with van der Waals surface area (Å²) in [5, 5.41) is 0. The molecule has 0 aromatic carbocycles. The van der Waals surface area contributed by atoms with E-state index in [4.69, 9.17) is 0 Å². The number of rotatable bonds is 5. The highest BCUT2D eigenvalue weighted by molar-refractivity contribution is 5.78. The Morgan fingerprint density at radius 2 is 2.07 bits per heavy atom. The maximum atomic E-state index is 11.6. The highest BCUT2D eigenvalue weighted by Crippen LogP contribution is 2.35. The first kappa shape index (κ1) is 12.7. The summed E-state index contributed by atoms with van der Waals surface area (Å²) in [6, 6.07) is 0. The van der Waals surface area contributed by atoms with E-state index >= 15 is 0 Å². The van der Waals surface area contributed by atoms with Gasteiger partial charge in [0.15, 0.2) is 0 Å². The van der Waals surface area contributed by atoms with Crippen LogP contribution in [0.3, 0.4) is 0 Å². The largest absolute Gasteiger partial charge is 0.300 e. The minimum absolute atomic E-state index is 0.493. The minimum atomic E-state index is 0.493. The molecule has 0 heterocycles. The lowest BCUT2D eigenvalue weighted by molar-refractivity contribution is -0.120. The van der Waals surface area contributed by atoms with Crippen molar-refractivity contribution >= 4 is 5.78 Å². The summed E-state index contributed by atoms with van der Waals surface area (Å²) in [5.41, 5.74) is 0. The number of hydrogen-bond donors (Lipinski definition) is 0. The van der Waals surface area contributed by atoms with E-state index in [0.717, 1.165) is 31.1 Å². The third kappa shape index (κ3) is 4.36. The fraction of sp³-hybridized carbons (Fsp3) is 0.929. The Morgan fingerprint density at radius 1 is 1.33 bits per heavy atom. The second-order valence-corrected chi connectivity index (χ2v) is 5.53. The average molecular weight is 210 g/mol. The van der Waals surface area contributed by atoms with Crippen molar-refractivity contribution in [3.63, 3.8) is 0 Å². The van der Waals surface area contributed by atoms with Gasteiger partial charge in [0.05, 0.1) is 0 Å². The van der Waals surface area contributed by atoms with Gasteiger partial charge in [0.25, 0.3) is 0 Å². The lowest BCUT2D eigenvalue weighted by Gasteiger charge is -2.31. The highest BCUT2D eigenvalue weighted by Gasteiger charge is 2.25. The second-order valence-electron chi connectivity index (χ2n) is 5.53. The summed E-state index contributed by atoms with van der Waals surface area (Å²) in [6.45, 7) is 6.73. The predicted octanol–water partition coefficient (Wildman–Crippen LogP) is 4.21. The van der Waals surface area contributed by atoms with Crippen molar-refractivity contribution in [3.8, 4) is 0 Å². The molecule has 1 aliphatic carbocycles. The molecule has 0 amide bonds. The predicted molar refractivity (Wildman–Crippen MR) is 64.8 cm³/mol. The first-order valence-electron chi connectivity index (χ1n) is 6.65. The van der Waals surface area contributed by atoms with Gasteiger partial charge in [0, 0.05) is 12.8 Å². The van der Waals surface area contributed by atoms with E-state index < -0.39 is 0 Å². The first-order chi connectivity index (χ1) is 7.13. The van der Waals surface area contributed by atoms with E-state index in [-0.39, 0.29) is 0 Å². The molecule has 1 aliphatic rings. The van der Waals surface area contributed by atoms with Crippen LogP contribution in [0.4, 0.5) is 0 Å². The summed E-state index contributed by atoms with van der Waals surface area (Å²) < 4.78 is 0. The molecule has 0 radical (unpaired) electrons. The molecule has 0 spiro atoms. The lowest BCUT2D eigenvalue weighted by Crippen LogP contribution is -2.21. The summed E-state index contributed by atoms with van der Waals surface area (Å²) in [4.78, 5) is 11.6. The van der Waals surface area contributed by atoms with Crippen LogP contribution in [-0.2, 0) is 4.79 Å². The molecule has 0 N–H and O–H groups in total. The lowest BCUT2D eigenvalue weighted by atomic mass is 9.74. The number of hydrogen-bond acceptors (Lipinski definition) is 1. The summed E-state index contributed by atoms with van der Waals surface area (Å²) >= 11 is 0. The Labute approximate surface area is 94.6 Å². The fourth-order valence-corrected chi connectivity index (χ4v) is 2.83. The van der Waals surface area contributed by atoms with E-state index in [2.05, 4.69) is 20.8 Å². The smallest absolute Gasteiger partial charge is 0.133 e. The van der Waals surface area contributed by atoms with Gasteiger partial charge < -0.3 is 0 Å². The van der Waals surface area contributed by atoms with Crippen molar-refractivity contribution in [3.05, 3.63) is 0 Å². The zero-order valence-corrected chi connectivity index (χ0v) is 10.6. The molecule has 0 aromatic rings. The molecule has 1 nitrogen and oxygen atoms in total. The molecule has 0 aliphatic heterocycles. The van der Waals surface area contributed by atoms with Gasteiger partial charge in [-0.15, -0.1) is 0 Å². The molecular weight excluding hydrogens is 184 g/mol. The van der Waals surface area contributed by atoms with Crippen LogP contribution in [0.25, 0.3) is 0 Å². The van der Waals surface area contributed by atoms with Gasteiger partial charge in [-0.3, -0.25) is 4.79 Å². The minimum Gasteiger partial charge on any atom is -0.300 e. The molecule has 2 atom stereocenters. The molecular formula is C14H26O. The highest BCUT2D eigenvalue weighted by atomic mass is 16.1. The molecule has 1 heteroatoms. The van der Waals surface area contributed by atoms with Gasteiger partial charge in [-0.25, -0.2) is 0 Å². The van der Waals surface area contributed by atoms with E-state index in [0.29, 0.717) is 11.7 Å². The van der Waals surface area contributed by atoms with E-state index in [1.165, 1.54) is 25.7 Å². The molecule has 1 rings (SSSR count). The Bertz CT molecular complexity index is 196. The van der Waals surface area contributed by atoms with Gasteiger partial charge in [0.2, 0.25) is 0 Å². The van der Waals surface area contributed by atoms with Crippen LogP contribution < -0.4 is 0 Å². The Morgan fingerprint density at radius 3 is 2.67 bits per heavy atom. The van der Waals surface area contributed by atoms with Crippen LogP contribution in [0.2, 0.25) is 0 Å². The van der Waals surface area contributed by atoms with Crippen molar-refractivity contribution < 1.29 is 4.79 Å². The quantitative estimate of drug-likeness (QED) is 0.664. The maximum absolute atomic E-state index is 11.6. The molecule has 15 heavy (non-hydrogen) atoms. The Hall–Kier alpha value is -0.330. The summed E-state index contributed by atoms with van der Waals surface area (Å²) in [7, 11) is 0. The molecule has 0 unspecified atom stereocenters. The van der Waals surface area contributed by atoms with Crippen molar-refractivity contribution in [1.82, 2.24) is 0 Å². The molecule has 1 fully saturated rings. The molecule has 1 saturated carbocycles. The van der Waals surface area contributed by atoms with Crippen molar-refractivity contribution in [1.29, 1.82) is 0 Å². The van der Waals surface area contributed by atoms with Crippen molar-refractivity contribution in [2.75, 3.05) is 0 Å². The average Bonchev–Trinajstić information content (AvgIpc) is 2.18. The van der Waals surface area contributed by atoms with E-state index in [1.807, 2.05) is 0 Å². The van der Waals surface area contributed by atoms with Crippen LogP contribution in [0.1, 0.15) is 65.7 Å². The second kappa shape index (κ2) is 6.30. The van der Waals surface area contributed by atoms with Crippen molar-refractivity contribution in [2.24, 2.45) is 17.8 Å². The van der Waals surface area contributed by atoms with Gasteiger partial charge in [-0.2, -0.15) is 0 Å².